The van der Waals surface area contributed by atoms with Gasteiger partial charge in [0.1, 0.15) is 0 Å². The summed E-state index contributed by atoms with van der Waals surface area (Å²) in [5, 5.41) is 15.9. The second-order valence-electron chi connectivity index (χ2n) is 4.51. The maximum atomic E-state index is 12.1. The molecule has 2 heterocycles. The van der Waals surface area contributed by atoms with Gasteiger partial charge in [-0.15, -0.1) is 0 Å². The van der Waals surface area contributed by atoms with Crippen LogP contribution in [-0.4, -0.2) is 36.7 Å². The molecule has 1 amide bonds. The molecular formula is C13H15N5O3. The molecule has 8 nitrogen and oxygen atoms in total. The smallest absolute Gasteiger partial charge is 0.356 e. The van der Waals surface area contributed by atoms with Crippen LogP contribution < -0.4 is 5.32 Å². The maximum Gasteiger partial charge on any atom is 0.356 e. The average molecular weight is 289 g/mol. The van der Waals surface area contributed by atoms with E-state index < -0.39 is 11.9 Å². The highest BCUT2D eigenvalue weighted by molar-refractivity contribution is 6.01. The molecule has 0 bridgehead atoms. The normalized spacial score (nSPS) is 10.4. The molecule has 0 aromatic carbocycles. The number of carboxylic acid groups (broad SMARTS) is 1. The molecule has 8 heteroatoms. The zero-order chi connectivity index (χ0) is 15.6. The molecule has 0 saturated heterocycles. The summed E-state index contributed by atoms with van der Waals surface area (Å²) >= 11 is 0. The summed E-state index contributed by atoms with van der Waals surface area (Å²) in [4.78, 5) is 30.5. The zero-order valence-corrected chi connectivity index (χ0v) is 11.9. The van der Waals surface area contributed by atoms with Crippen LogP contribution in [-0.2, 0) is 13.6 Å². The van der Waals surface area contributed by atoms with E-state index in [9.17, 15) is 9.59 Å². The lowest BCUT2D eigenvalue weighted by Gasteiger charge is -2.06. The van der Waals surface area contributed by atoms with E-state index in [1.165, 1.54) is 12.4 Å². The highest BCUT2D eigenvalue weighted by atomic mass is 16.4. The number of carboxylic acids is 1. The molecular weight excluding hydrogens is 274 g/mol. The highest BCUT2D eigenvalue weighted by Crippen LogP contribution is 2.11. The molecule has 2 aromatic heterocycles. The molecule has 110 valence electrons. The van der Waals surface area contributed by atoms with Crippen molar-refractivity contribution in [1.29, 1.82) is 0 Å². The first-order valence-corrected chi connectivity index (χ1v) is 6.23. The van der Waals surface area contributed by atoms with Gasteiger partial charge < -0.3 is 10.4 Å². The van der Waals surface area contributed by atoms with E-state index in [-0.39, 0.29) is 17.9 Å². The Morgan fingerprint density at radius 2 is 1.86 bits per heavy atom. The Morgan fingerprint density at radius 1 is 1.24 bits per heavy atom. The Hall–Kier alpha value is -2.77. The number of amides is 1. The third kappa shape index (κ3) is 2.88. The zero-order valence-electron chi connectivity index (χ0n) is 11.9. The van der Waals surface area contributed by atoms with Crippen LogP contribution in [0.1, 0.15) is 37.9 Å². The molecule has 0 saturated carbocycles. The van der Waals surface area contributed by atoms with Gasteiger partial charge in [0, 0.05) is 37.2 Å². The minimum Gasteiger partial charge on any atom is -0.476 e. The van der Waals surface area contributed by atoms with E-state index in [4.69, 9.17) is 5.11 Å². The summed E-state index contributed by atoms with van der Waals surface area (Å²) in [5.41, 5.74) is 2.07. The standard InChI is InChI=1S/C13H15N5O3/c1-7-9(8(2)18(3)17-7)6-16-12(19)10-11(13(20)21)15-5-4-14-10/h4-5H,6H2,1-3H3,(H,16,19)(H,20,21). The number of carbonyl (C=O) groups excluding carboxylic acids is 1. The Bertz CT molecular complexity index is 708. The first kappa shape index (κ1) is 14.6. The number of hydrogen-bond donors (Lipinski definition) is 2. The third-order valence-corrected chi connectivity index (χ3v) is 3.20. The Morgan fingerprint density at radius 3 is 2.38 bits per heavy atom. The lowest BCUT2D eigenvalue weighted by molar-refractivity contribution is 0.0683. The summed E-state index contributed by atoms with van der Waals surface area (Å²) in [6.45, 7) is 3.99. The van der Waals surface area contributed by atoms with E-state index in [1.54, 1.807) is 4.68 Å². The first-order valence-electron chi connectivity index (χ1n) is 6.23. The molecule has 0 spiro atoms. The predicted octanol–water partition coefficient (Wildman–Crippen LogP) is 0.455. The quantitative estimate of drug-likeness (QED) is 0.845. The first-order chi connectivity index (χ1) is 9.91. The number of aromatic carboxylic acids is 1. The molecule has 0 radical (unpaired) electrons. The number of rotatable bonds is 4. The lowest BCUT2D eigenvalue weighted by Crippen LogP contribution is -2.27. The van der Waals surface area contributed by atoms with Gasteiger partial charge in [0.15, 0.2) is 11.4 Å². The molecule has 2 N–H and O–H groups in total. The van der Waals surface area contributed by atoms with Crippen LogP contribution in [0.5, 0.6) is 0 Å². The molecule has 0 fully saturated rings. The van der Waals surface area contributed by atoms with Crippen LogP contribution in [0.2, 0.25) is 0 Å². The molecule has 21 heavy (non-hydrogen) atoms. The molecule has 0 aliphatic heterocycles. The number of nitrogens with one attached hydrogen (secondary N) is 1. The van der Waals surface area contributed by atoms with E-state index in [0.29, 0.717) is 0 Å². The van der Waals surface area contributed by atoms with Gasteiger partial charge >= 0.3 is 5.97 Å². The second kappa shape index (κ2) is 5.70. The van der Waals surface area contributed by atoms with Gasteiger partial charge in [0.25, 0.3) is 5.91 Å². The van der Waals surface area contributed by atoms with Crippen molar-refractivity contribution in [3.63, 3.8) is 0 Å². The Balaban J connectivity index is 2.18. The summed E-state index contributed by atoms with van der Waals surface area (Å²) in [6.07, 6.45) is 2.51. The third-order valence-electron chi connectivity index (χ3n) is 3.20. The molecule has 2 rings (SSSR count). The predicted molar refractivity (Wildman–Crippen MR) is 72.8 cm³/mol. The fourth-order valence-electron chi connectivity index (χ4n) is 1.99. The molecule has 0 atom stereocenters. The average Bonchev–Trinajstić information content (AvgIpc) is 2.70. The van der Waals surface area contributed by atoms with Crippen LogP contribution in [0.3, 0.4) is 0 Å². The van der Waals surface area contributed by atoms with E-state index in [2.05, 4.69) is 20.4 Å². The van der Waals surface area contributed by atoms with Gasteiger partial charge in [0.05, 0.1) is 5.69 Å². The van der Waals surface area contributed by atoms with Crippen molar-refractivity contribution >= 4 is 11.9 Å². The molecule has 0 aliphatic carbocycles. The number of hydrogen-bond acceptors (Lipinski definition) is 5. The fraction of sp³-hybridized carbons (Fsp3) is 0.308. The maximum absolute atomic E-state index is 12.1. The molecule has 0 unspecified atom stereocenters. The largest absolute Gasteiger partial charge is 0.476 e. The van der Waals surface area contributed by atoms with Gasteiger partial charge in [-0.2, -0.15) is 5.10 Å². The summed E-state index contributed by atoms with van der Waals surface area (Å²) in [7, 11) is 1.82. The molecule has 2 aromatic rings. The van der Waals surface area contributed by atoms with Gasteiger partial charge in [0.2, 0.25) is 0 Å². The Labute approximate surface area is 120 Å². The highest BCUT2D eigenvalue weighted by Gasteiger charge is 2.20. The van der Waals surface area contributed by atoms with Gasteiger partial charge in [-0.05, 0) is 13.8 Å². The summed E-state index contributed by atoms with van der Waals surface area (Å²) in [5.74, 6) is -1.87. The Kier molecular flexibility index (Phi) is 3.97. The van der Waals surface area contributed by atoms with Crippen LogP contribution in [0.25, 0.3) is 0 Å². The second-order valence-corrected chi connectivity index (χ2v) is 4.51. The number of nitrogens with zero attached hydrogens (tertiary/aromatic N) is 4. The van der Waals surface area contributed by atoms with Crippen molar-refractivity contribution in [2.24, 2.45) is 7.05 Å². The SMILES string of the molecule is Cc1nn(C)c(C)c1CNC(=O)c1nccnc1C(=O)O. The van der Waals surface area contributed by atoms with Gasteiger partial charge in [-0.25, -0.2) is 14.8 Å². The fourth-order valence-corrected chi connectivity index (χ4v) is 1.99. The monoisotopic (exact) mass is 289 g/mol. The van der Waals surface area contributed by atoms with Crippen molar-refractivity contribution in [2.75, 3.05) is 0 Å². The van der Waals surface area contributed by atoms with Gasteiger partial charge in [-0.1, -0.05) is 0 Å². The van der Waals surface area contributed by atoms with E-state index in [1.807, 2.05) is 20.9 Å². The van der Waals surface area contributed by atoms with Crippen molar-refractivity contribution < 1.29 is 14.7 Å². The summed E-state index contributed by atoms with van der Waals surface area (Å²) < 4.78 is 1.72. The van der Waals surface area contributed by atoms with Crippen LogP contribution in [0.4, 0.5) is 0 Å². The number of carbonyl (C=O) groups is 2. The van der Waals surface area contributed by atoms with Crippen molar-refractivity contribution in [3.8, 4) is 0 Å². The van der Waals surface area contributed by atoms with Crippen LogP contribution in [0.15, 0.2) is 12.4 Å². The minimum absolute atomic E-state index is 0.204. The number of aryl methyl sites for hydroxylation is 2. The van der Waals surface area contributed by atoms with Crippen molar-refractivity contribution in [2.45, 2.75) is 20.4 Å². The van der Waals surface area contributed by atoms with Crippen LogP contribution >= 0.6 is 0 Å². The van der Waals surface area contributed by atoms with Crippen molar-refractivity contribution in [3.05, 3.63) is 40.7 Å². The van der Waals surface area contributed by atoms with E-state index in [0.717, 1.165) is 17.0 Å². The topological polar surface area (TPSA) is 110 Å². The summed E-state index contributed by atoms with van der Waals surface area (Å²) in [6, 6.07) is 0. The van der Waals surface area contributed by atoms with E-state index >= 15 is 0 Å². The van der Waals surface area contributed by atoms with Crippen LogP contribution in [0, 0.1) is 13.8 Å². The van der Waals surface area contributed by atoms with Crippen molar-refractivity contribution in [1.82, 2.24) is 25.1 Å². The lowest BCUT2D eigenvalue weighted by atomic mass is 10.2. The van der Waals surface area contributed by atoms with Gasteiger partial charge in [-0.3, -0.25) is 9.48 Å². The number of aromatic nitrogens is 4. The minimum atomic E-state index is -1.29. The molecule has 0 aliphatic rings.